The molecule has 0 saturated carbocycles. The number of carbonyl (C=O) groups excluding carboxylic acids is 3. The maximum atomic E-state index is 13.1. The van der Waals surface area contributed by atoms with Gasteiger partial charge in [-0.3, -0.25) is 19.7 Å². The predicted octanol–water partition coefficient (Wildman–Crippen LogP) is 3.82. The Balaban J connectivity index is 1.54. The molecule has 0 bridgehead atoms. The van der Waals surface area contributed by atoms with Gasteiger partial charge in [0.1, 0.15) is 11.6 Å². The molecule has 1 saturated heterocycles. The minimum Gasteiger partial charge on any atom is -0.484 e. The fourth-order valence-electron chi connectivity index (χ4n) is 2.15. The Morgan fingerprint density at radius 3 is 2.59 bits per heavy atom. The molecule has 1 aliphatic rings. The number of carbonyl (C=O) groups is 3. The quantitative estimate of drug-likeness (QED) is 0.737. The zero-order valence-electron chi connectivity index (χ0n) is 13.6. The van der Waals surface area contributed by atoms with Gasteiger partial charge in [0, 0.05) is 5.69 Å². The number of halogens is 2. The first kappa shape index (κ1) is 18.9. The van der Waals surface area contributed by atoms with Crippen molar-refractivity contribution in [3.05, 3.63) is 63.8 Å². The topological polar surface area (TPSA) is 84.5 Å². The van der Waals surface area contributed by atoms with Gasteiger partial charge in [0.25, 0.3) is 17.1 Å². The van der Waals surface area contributed by atoms with E-state index in [0.717, 1.165) is 17.8 Å². The summed E-state index contributed by atoms with van der Waals surface area (Å²) >= 11 is 6.49. The molecule has 0 unspecified atom stereocenters. The highest BCUT2D eigenvalue weighted by Crippen LogP contribution is 2.26. The van der Waals surface area contributed by atoms with Crippen molar-refractivity contribution in [2.75, 3.05) is 11.9 Å². The minimum atomic E-state index is -0.571. The van der Waals surface area contributed by atoms with E-state index < -0.39 is 22.9 Å². The summed E-state index contributed by atoms with van der Waals surface area (Å²) < 4.78 is 18.5. The number of benzene rings is 2. The fraction of sp³-hybridized carbons (Fsp3) is 0.0556. The first-order chi connectivity index (χ1) is 12.9. The lowest BCUT2D eigenvalue weighted by atomic mass is 10.2. The van der Waals surface area contributed by atoms with Crippen molar-refractivity contribution in [1.29, 1.82) is 0 Å². The number of rotatable bonds is 5. The van der Waals surface area contributed by atoms with Gasteiger partial charge in [-0.2, -0.15) is 0 Å². The van der Waals surface area contributed by atoms with E-state index in [4.69, 9.17) is 16.3 Å². The van der Waals surface area contributed by atoms with Gasteiger partial charge in [-0.15, -0.1) is 0 Å². The van der Waals surface area contributed by atoms with Crippen LogP contribution in [0.1, 0.15) is 5.56 Å². The molecule has 1 fully saturated rings. The number of anilines is 1. The summed E-state index contributed by atoms with van der Waals surface area (Å²) in [5.41, 5.74) is 1.07. The standard InChI is InChI=1S/C18H12ClFN2O4S/c19-13-8-11(3-6-14(13)20)21-16(23)9-26-12-4-1-10(2-5-12)7-15-17(24)22-18(25)27-15/h1-8H,9H2,(H,21,23)(H,22,24,25)/b15-7-. The largest absolute Gasteiger partial charge is 0.484 e. The summed E-state index contributed by atoms with van der Waals surface area (Å²) in [6.07, 6.45) is 1.58. The van der Waals surface area contributed by atoms with Gasteiger partial charge in [-0.1, -0.05) is 23.7 Å². The van der Waals surface area contributed by atoms with E-state index in [1.807, 2.05) is 0 Å². The van der Waals surface area contributed by atoms with E-state index in [2.05, 4.69) is 10.6 Å². The molecular weight excluding hydrogens is 395 g/mol. The number of imide groups is 1. The lowest BCUT2D eigenvalue weighted by Crippen LogP contribution is -2.20. The number of hydrogen-bond donors (Lipinski definition) is 2. The second-order valence-corrected chi connectivity index (χ2v) is 6.81. The van der Waals surface area contributed by atoms with Crippen LogP contribution in [0.3, 0.4) is 0 Å². The molecule has 1 heterocycles. The summed E-state index contributed by atoms with van der Waals surface area (Å²) in [6.45, 7) is -0.248. The molecule has 0 atom stereocenters. The number of nitrogens with one attached hydrogen (secondary N) is 2. The third-order valence-corrected chi connectivity index (χ3v) is 4.49. The molecular formula is C18H12ClFN2O4S. The van der Waals surface area contributed by atoms with Crippen molar-refractivity contribution in [2.24, 2.45) is 0 Å². The molecule has 2 aromatic carbocycles. The third kappa shape index (κ3) is 5.08. The molecule has 0 radical (unpaired) electrons. The summed E-state index contributed by atoms with van der Waals surface area (Å²) in [4.78, 5) is 34.8. The van der Waals surface area contributed by atoms with Gasteiger partial charge in [0.15, 0.2) is 6.61 Å². The van der Waals surface area contributed by atoms with E-state index in [0.29, 0.717) is 21.9 Å². The lowest BCUT2D eigenvalue weighted by Gasteiger charge is -2.08. The first-order valence-corrected chi connectivity index (χ1v) is 8.83. The molecule has 138 valence electrons. The Labute approximate surface area is 162 Å². The molecule has 6 nitrogen and oxygen atoms in total. The van der Waals surface area contributed by atoms with E-state index in [9.17, 15) is 18.8 Å². The second kappa shape index (κ2) is 8.24. The molecule has 0 aliphatic carbocycles. The monoisotopic (exact) mass is 406 g/mol. The summed E-state index contributed by atoms with van der Waals surface area (Å²) in [7, 11) is 0. The number of hydrogen-bond acceptors (Lipinski definition) is 5. The smallest absolute Gasteiger partial charge is 0.290 e. The van der Waals surface area contributed by atoms with Crippen molar-refractivity contribution >= 4 is 52.2 Å². The fourth-order valence-corrected chi connectivity index (χ4v) is 3.02. The minimum absolute atomic E-state index is 0.0887. The zero-order valence-corrected chi connectivity index (χ0v) is 15.2. The summed E-state index contributed by atoms with van der Waals surface area (Å²) in [5, 5.41) is 4.23. The molecule has 3 rings (SSSR count). The summed E-state index contributed by atoms with van der Waals surface area (Å²) in [5.74, 6) is -0.979. The van der Waals surface area contributed by atoms with E-state index >= 15 is 0 Å². The van der Waals surface area contributed by atoms with E-state index in [-0.39, 0.29) is 11.6 Å². The maximum Gasteiger partial charge on any atom is 0.290 e. The van der Waals surface area contributed by atoms with Crippen LogP contribution < -0.4 is 15.4 Å². The normalized spacial score (nSPS) is 15.0. The van der Waals surface area contributed by atoms with Gasteiger partial charge in [0.2, 0.25) is 0 Å². The van der Waals surface area contributed by atoms with Gasteiger partial charge in [0.05, 0.1) is 9.93 Å². The molecule has 0 spiro atoms. The van der Waals surface area contributed by atoms with Crippen LogP contribution in [0.15, 0.2) is 47.4 Å². The average Bonchev–Trinajstić information content (AvgIpc) is 2.95. The van der Waals surface area contributed by atoms with Crippen molar-refractivity contribution in [1.82, 2.24) is 5.32 Å². The highest BCUT2D eigenvalue weighted by molar-refractivity contribution is 8.18. The lowest BCUT2D eigenvalue weighted by molar-refractivity contribution is -0.118. The van der Waals surface area contributed by atoms with Gasteiger partial charge < -0.3 is 10.1 Å². The van der Waals surface area contributed by atoms with Crippen LogP contribution >= 0.6 is 23.4 Å². The van der Waals surface area contributed by atoms with Gasteiger partial charge in [-0.05, 0) is 53.7 Å². The zero-order chi connectivity index (χ0) is 19.4. The van der Waals surface area contributed by atoms with E-state index in [1.165, 1.54) is 12.1 Å². The molecule has 1 aliphatic heterocycles. The van der Waals surface area contributed by atoms with Crippen LogP contribution in [0.2, 0.25) is 5.02 Å². The number of ether oxygens (including phenoxy) is 1. The van der Waals surface area contributed by atoms with Crippen LogP contribution in [-0.4, -0.2) is 23.7 Å². The Kier molecular flexibility index (Phi) is 5.78. The third-order valence-electron chi connectivity index (χ3n) is 3.39. The van der Waals surface area contributed by atoms with E-state index in [1.54, 1.807) is 30.3 Å². The molecule has 0 aromatic heterocycles. The summed E-state index contributed by atoms with van der Waals surface area (Å²) in [6, 6.07) is 10.5. The number of amides is 3. The maximum absolute atomic E-state index is 13.1. The molecule has 9 heteroatoms. The molecule has 2 aromatic rings. The van der Waals surface area contributed by atoms with Crippen molar-refractivity contribution in [3.8, 4) is 5.75 Å². The Morgan fingerprint density at radius 1 is 1.22 bits per heavy atom. The Morgan fingerprint density at radius 2 is 1.96 bits per heavy atom. The predicted molar refractivity (Wildman–Crippen MR) is 101 cm³/mol. The molecule has 3 amide bonds. The van der Waals surface area contributed by atoms with Gasteiger partial charge in [-0.25, -0.2) is 4.39 Å². The highest BCUT2D eigenvalue weighted by atomic mass is 35.5. The first-order valence-electron chi connectivity index (χ1n) is 7.63. The van der Waals surface area contributed by atoms with Crippen LogP contribution in [0.25, 0.3) is 6.08 Å². The molecule has 27 heavy (non-hydrogen) atoms. The van der Waals surface area contributed by atoms with Crippen molar-refractivity contribution < 1.29 is 23.5 Å². The SMILES string of the molecule is O=C(COc1ccc(/C=C2\SC(=O)NC2=O)cc1)Nc1ccc(F)c(Cl)c1. The highest BCUT2D eigenvalue weighted by Gasteiger charge is 2.24. The van der Waals surface area contributed by atoms with Crippen LogP contribution in [0.5, 0.6) is 5.75 Å². The average molecular weight is 407 g/mol. The van der Waals surface area contributed by atoms with Gasteiger partial charge >= 0.3 is 0 Å². The van der Waals surface area contributed by atoms with Crippen molar-refractivity contribution in [2.45, 2.75) is 0 Å². The van der Waals surface area contributed by atoms with Crippen molar-refractivity contribution in [3.63, 3.8) is 0 Å². The van der Waals surface area contributed by atoms with Crippen LogP contribution in [0, 0.1) is 5.82 Å². The van der Waals surface area contributed by atoms with Crippen LogP contribution in [0.4, 0.5) is 14.9 Å². The molecule has 2 N–H and O–H groups in total. The second-order valence-electron chi connectivity index (χ2n) is 5.39. The number of thioether (sulfide) groups is 1. The Bertz CT molecular complexity index is 947. The Hall–Kier alpha value is -2.84. The van der Waals surface area contributed by atoms with Crippen LogP contribution in [-0.2, 0) is 9.59 Å².